The molecular formula is C18H25BrN4O5. The van der Waals surface area contributed by atoms with E-state index in [1.54, 1.807) is 4.90 Å². The summed E-state index contributed by atoms with van der Waals surface area (Å²) >= 11 is 3.26. The van der Waals surface area contributed by atoms with E-state index in [0.717, 1.165) is 0 Å². The number of halogens is 1. The van der Waals surface area contributed by atoms with E-state index in [1.807, 2.05) is 13.8 Å². The highest BCUT2D eigenvalue weighted by molar-refractivity contribution is 9.10. The van der Waals surface area contributed by atoms with Crippen molar-refractivity contribution in [2.24, 2.45) is 0 Å². The second-order valence-corrected chi connectivity index (χ2v) is 8.05. The van der Waals surface area contributed by atoms with Crippen LogP contribution >= 0.6 is 15.9 Å². The lowest BCUT2D eigenvalue weighted by Gasteiger charge is -2.35. The van der Waals surface area contributed by atoms with Crippen molar-refractivity contribution >= 4 is 33.2 Å². The lowest BCUT2D eigenvalue weighted by atomic mass is 10.1. The van der Waals surface area contributed by atoms with Gasteiger partial charge in [0, 0.05) is 43.8 Å². The number of rotatable bonds is 5. The highest BCUT2D eigenvalue weighted by Gasteiger charge is 2.34. The number of nitro benzene ring substituents is 1. The first-order valence-corrected chi connectivity index (χ1v) is 9.81. The molecule has 28 heavy (non-hydrogen) atoms. The van der Waals surface area contributed by atoms with Gasteiger partial charge in [0.15, 0.2) is 0 Å². The fourth-order valence-electron chi connectivity index (χ4n) is 3.68. The van der Waals surface area contributed by atoms with Gasteiger partial charge < -0.3 is 25.0 Å². The van der Waals surface area contributed by atoms with Gasteiger partial charge in [0.2, 0.25) is 0 Å². The van der Waals surface area contributed by atoms with Crippen molar-refractivity contribution in [3.05, 3.63) is 32.3 Å². The minimum absolute atomic E-state index is 0.0397. The molecule has 1 amide bonds. The first kappa shape index (κ1) is 17.1. The van der Waals surface area contributed by atoms with Crippen molar-refractivity contribution in [1.82, 2.24) is 10.2 Å². The first-order valence-electron chi connectivity index (χ1n) is 10.5. The summed E-state index contributed by atoms with van der Waals surface area (Å²) in [6.07, 6.45) is -1.08. The van der Waals surface area contributed by atoms with Crippen LogP contribution in [0.2, 0.25) is 0 Å². The highest BCUT2D eigenvalue weighted by Crippen LogP contribution is 2.35. The van der Waals surface area contributed by atoms with Crippen molar-refractivity contribution in [3.8, 4) is 0 Å². The van der Waals surface area contributed by atoms with E-state index >= 15 is 0 Å². The molecule has 0 aromatic heterocycles. The molecule has 154 valence electrons. The lowest BCUT2D eigenvalue weighted by molar-refractivity contribution is -0.384. The van der Waals surface area contributed by atoms with Gasteiger partial charge in [-0.25, -0.2) is 0 Å². The van der Waals surface area contributed by atoms with Crippen molar-refractivity contribution < 1.29 is 23.3 Å². The summed E-state index contributed by atoms with van der Waals surface area (Å²) in [4.78, 5) is 26.2. The molecule has 9 nitrogen and oxygen atoms in total. The molecule has 2 aliphatic rings. The normalized spacial score (nSPS) is 29.7. The van der Waals surface area contributed by atoms with E-state index in [2.05, 4.69) is 26.6 Å². The van der Waals surface area contributed by atoms with E-state index in [-0.39, 0.29) is 41.6 Å². The molecule has 1 aromatic carbocycles. The summed E-state index contributed by atoms with van der Waals surface area (Å²) < 4.78 is 33.3. The predicted octanol–water partition coefficient (Wildman–Crippen LogP) is 2.01. The number of nitro groups is 1. The van der Waals surface area contributed by atoms with Gasteiger partial charge in [0.05, 0.1) is 39.0 Å². The minimum atomic E-state index is -2.61. The van der Waals surface area contributed by atoms with Crippen LogP contribution < -0.4 is 10.6 Å². The quantitative estimate of drug-likeness (QED) is 0.512. The molecule has 2 N–H and O–H groups in total. The molecule has 0 unspecified atom stereocenters. The summed E-state index contributed by atoms with van der Waals surface area (Å²) in [6, 6.07) is 2.27. The Kier molecular flexibility index (Phi) is 5.34. The van der Waals surface area contributed by atoms with Gasteiger partial charge in [-0.1, -0.05) is 15.9 Å². The average molecular weight is 460 g/mol. The molecule has 0 spiro atoms. The second-order valence-electron chi connectivity index (χ2n) is 7.14. The number of nitrogens with one attached hydrogen (secondary N) is 2. The Balaban J connectivity index is 1.96. The maximum atomic E-state index is 13.4. The number of methoxy groups -OCH3 is 1. The van der Waals surface area contributed by atoms with Crippen molar-refractivity contribution in [1.29, 1.82) is 0 Å². The third-order valence-corrected chi connectivity index (χ3v) is 5.31. The SMILES string of the molecule is [2H]C([2H])([2H])O[C@H]1CNC[C@@H]1Nc1c(C(=O)N2C[C@@H](C)O[C@@H](C)C2)cc(Br)cc1[N+](=O)[O-]. The number of ether oxygens (including phenoxy) is 2. The summed E-state index contributed by atoms with van der Waals surface area (Å²) in [5.74, 6) is -0.367. The zero-order chi connectivity index (χ0) is 22.9. The van der Waals surface area contributed by atoms with Gasteiger partial charge in [0.1, 0.15) is 5.69 Å². The number of amides is 1. The third-order valence-electron chi connectivity index (χ3n) is 4.86. The van der Waals surface area contributed by atoms with E-state index in [9.17, 15) is 14.9 Å². The van der Waals surface area contributed by atoms with Crippen LogP contribution in [0.25, 0.3) is 0 Å². The van der Waals surface area contributed by atoms with Crippen LogP contribution in [-0.4, -0.2) is 73.3 Å². The summed E-state index contributed by atoms with van der Waals surface area (Å²) in [7, 11) is -2.61. The number of morpholine rings is 1. The number of hydrogen-bond donors (Lipinski definition) is 2. The van der Waals surface area contributed by atoms with Gasteiger partial charge in [0.25, 0.3) is 11.6 Å². The molecule has 2 heterocycles. The van der Waals surface area contributed by atoms with Gasteiger partial charge >= 0.3 is 0 Å². The van der Waals surface area contributed by atoms with Gasteiger partial charge in [-0.2, -0.15) is 0 Å². The Morgan fingerprint density at radius 3 is 2.79 bits per heavy atom. The van der Waals surface area contributed by atoms with Crippen LogP contribution in [0.4, 0.5) is 11.4 Å². The number of nitrogens with zero attached hydrogens (tertiary/aromatic N) is 2. The number of anilines is 1. The first-order chi connectivity index (χ1) is 14.4. The third kappa shape index (κ3) is 4.45. The van der Waals surface area contributed by atoms with Crippen LogP contribution in [0.15, 0.2) is 16.6 Å². The second kappa shape index (κ2) is 8.73. The molecule has 0 bridgehead atoms. The number of carbonyl (C=O) groups excluding carboxylic acids is 1. The zero-order valence-electron chi connectivity index (χ0n) is 18.6. The molecule has 2 saturated heterocycles. The van der Waals surface area contributed by atoms with Crippen LogP contribution in [-0.2, 0) is 9.47 Å². The van der Waals surface area contributed by atoms with Crippen LogP contribution in [0.5, 0.6) is 0 Å². The molecular weight excluding hydrogens is 432 g/mol. The monoisotopic (exact) mass is 459 g/mol. The molecule has 3 rings (SSSR count). The Bertz CT molecular complexity index is 846. The fraction of sp³-hybridized carbons (Fsp3) is 0.611. The lowest BCUT2D eigenvalue weighted by Crippen LogP contribution is -2.48. The van der Waals surface area contributed by atoms with E-state index in [0.29, 0.717) is 24.1 Å². The van der Waals surface area contributed by atoms with Crippen LogP contribution in [0.1, 0.15) is 28.3 Å². The standard InChI is InChI=1S/C18H25BrN4O5/c1-10-8-22(9-11(2)28-10)18(24)13-4-12(19)5-15(23(25)26)17(13)21-14-6-20-7-16(14)27-3/h4-5,10-11,14,16,20-21H,6-9H2,1-3H3/t10-,11+,14-,16-/m0/s1/i3D3. The summed E-state index contributed by atoms with van der Waals surface area (Å²) in [5.41, 5.74) is -0.119. The maximum absolute atomic E-state index is 13.4. The van der Waals surface area contributed by atoms with Crippen LogP contribution in [0, 0.1) is 10.1 Å². The zero-order valence-corrected chi connectivity index (χ0v) is 17.2. The number of benzene rings is 1. The van der Waals surface area contributed by atoms with E-state index < -0.39 is 24.1 Å². The van der Waals surface area contributed by atoms with Gasteiger partial charge in [-0.3, -0.25) is 14.9 Å². The van der Waals surface area contributed by atoms with E-state index in [1.165, 1.54) is 12.1 Å². The molecule has 1 aromatic rings. The summed E-state index contributed by atoms with van der Waals surface area (Å²) in [5, 5.41) is 17.8. The van der Waals surface area contributed by atoms with Crippen molar-refractivity contribution in [3.63, 3.8) is 0 Å². The highest BCUT2D eigenvalue weighted by atomic mass is 79.9. The smallest absolute Gasteiger partial charge is 0.294 e. The Labute approximate surface area is 176 Å². The van der Waals surface area contributed by atoms with Gasteiger partial charge in [-0.05, 0) is 19.9 Å². The largest absolute Gasteiger partial charge is 0.378 e. The molecule has 10 heteroatoms. The molecule has 2 aliphatic heterocycles. The molecule has 2 fully saturated rings. The minimum Gasteiger partial charge on any atom is -0.378 e. The van der Waals surface area contributed by atoms with Crippen LogP contribution in [0.3, 0.4) is 0 Å². The molecule has 0 radical (unpaired) electrons. The fourth-order valence-corrected chi connectivity index (χ4v) is 4.12. The van der Waals surface area contributed by atoms with Crippen molar-refractivity contribution in [2.45, 2.75) is 38.2 Å². The maximum Gasteiger partial charge on any atom is 0.294 e. The molecule has 0 aliphatic carbocycles. The average Bonchev–Trinajstić information content (AvgIpc) is 3.06. The topological polar surface area (TPSA) is 106 Å². The molecule has 0 saturated carbocycles. The Morgan fingerprint density at radius 1 is 1.43 bits per heavy atom. The van der Waals surface area contributed by atoms with E-state index in [4.69, 9.17) is 13.6 Å². The number of carbonyl (C=O) groups is 1. The Hall–Kier alpha value is -1.75. The number of hydrogen-bond acceptors (Lipinski definition) is 7. The van der Waals surface area contributed by atoms with Crippen molar-refractivity contribution in [2.75, 3.05) is 38.5 Å². The summed E-state index contributed by atoms with van der Waals surface area (Å²) in [6.45, 7) is 5.03. The predicted molar refractivity (Wildman–Crippen MR) is 108 cm³/mol. The Morgan fingerprint density at radius 2 is 2.14 bits per heavy atom. The molecule has 4 atom stereocenters. The van der Waals surface area contributed by atoms with Gasteiger partial charge in [-0.15, -0.1) is 0 Å².